The van der Waals surface area contributed by atoms with Crippen molar-refractivity contribution in [1.82, 2.24) is 0 Å². The summed E-state index contributed by atoms with van der Waals surface area (Å²) in [5, 5.41) is 37.6. The number of aliphatic hydroxyl groups excluding tert-OH is 1. The molecule has 8 heteroatoms. The summed E-state index contributed by atoms with van der Waals surface area (Å²) in [4.78, 5) is 23.4. The maximum absolute atomic E-state index is 12.0. The first-order chi connectivity index (χ1) is 13.3. The molecule has 0 radical (unpaired) electrons. The number of carboxylic acid groups (broad SMARTS) is 1. The molecule has 0 saturated heterocycles. The zero-order valence-electron chi connectivity index (χ0n) is 15.0. The van der Waals surface area contributed by atoms with E-state index in [2.05, 4.69) is 0 Å². The van der Waals surface area contributed by atoms with Crippen LogP contribution in [0.3, 0.4) is 0 Å². The number of carboxylic acids is 1. The summed E-state index contributed by atoms with van der Waals surface area (Å²) in [6.07, 6.45) is 0.853. The van der Waals surface area contributed by atoms with Gasteiger partial charge in [-0.05, 0) is 35.4 Å². The molecule has 28 heavy (non-hydrogen) atoms. The predicted octanol–water partition coefficient (Wildman–Crippen LogP) is 1.85. The van der Waals surface area contributed by atoms with Gasteiger partial charge in [0.1, 0.15) is 5.75 Å². The molecule has 148 valence electrons. The number of carbonyl (C=O) groups is 2. The summed E-state index contributed by atoms with van der Waals surface area (Å²) in [6, 6.07) is 8.75. The fourth-order valence-electron chi connectivity index (χ4n) is 2.41. The lowest BCUT2D eigenvalue weighted by Gasteiger charge is -2.13. The number of rotatable bonds is 8. The second kappa shape index (κ2) is 9.43. The molecule has 1 atom stereocenters. The highest BCUT2D eigenvalue weighted by Gasteiger charge is 2.22. The molecule has 2 aromatic carbocycles. The molecule has 0 aliphatic heterocycles. The fraction of sp³-hybridized carbons (Fsp3) is 0.200. The van der Waals surface area contributed by atoms with Gasteiger partial charge in [0.2, 0.25) is 6.10 Å². The zero-order chi connectivity index (χ0) is 20.7. The van der Waals surface area contributed by atoms with E-state index in [9.17, 15) is 24.9 Å². The smallest absolute Gasteiger partial charge is 0.345 e. The van der Waals surface area contributed by atoms with E-state index < -0.39 is 18.0 Å². The molecule has 8 nitrogen and oxygen atoms in total. The molecular formula is C20H20O8. The fourth-order valence-corrected chi connectivity index (χ4v) is 2.41. The Kier molecular flexibility index (Phi) is 7.00. The van der Waals surface area contributed by atoms with Gasteiger partial charge in [-0.25, -0.2) is 9.59 Å². The monoisotopic (exact) mass is 388 g/mol. The molecule has 0 amide bonds. The molecule has 0 bridgehead atoms. The van der Waals surface area contributed by atoms with Crippen molar-refractivity contribution in [1.29, 1.82) is 0 Å². The quantitative estimate of drug-likeness (QED) is 0.398. The van der Waals surface area contributed by atoms with Gasteiger partial charge in [-0.15, -0.1) is 0 Å². The molecule has 0 aliphatic rings. The van der Waals surface area contributed by atoms with Gasteiger partial charge >= 0.3 is 11.9 Å². The van der Waals surface area contributed by atoms with Gasteiger partial charge in [-0.1, -0.05) is 18.2 Å². The van der Waals surface area contributed by atoms with E-state index in [-0.39, 0.29) is 30.3 Å². The lowest BCUT2D eigenvalue weighted by Crippen LogP contribution is -2.28. The summed E-state index contributed by atoms with van der Waals surface area (Å²) >= 11 is 0. The number of benzene rings is 2. The summed E-state index contributed by atoms with van der Waals surface area (Å²) in [5.41, 5.74) is 1.28. The van der Waals surface area contributed by atoms with E-state index in [1.807, 2.05) is 0 Å². The molecule has 1 unspecified atom stereocenters. The Hall–Kier alpha value is -3.52. The Morgan fingerprint density at radius 1 is 1.11 bits per heavy atom. The highest BCUT2D eigenvalue weighted by Crippen LogP contribution is 2.26. The van der Waals surface area contributed by atoms with E-state index in [1.54, 1.807) is 6.07 Å². The number of aliphatic carboxylic acids is 1. The van der Waals surface area contributed by atoms with Crippen LogP contribution in [0, 0.1) is 0 Å². The van der Waals surface area contributed by atoms with Crippen LogP contribution in [0.2, 0.25) is 0 Å². The molecule has 0 saturated carbocycles. The van der Waals surface area contributed by atoms with Crippen molar-refractivity contribution in [2.45, 2.75) is 19.1 Å². The van der Waals surface area contributed by atoms with Crippen LogP contribution in [-0.2, 0) is 27.4 Å². The van der Waals surface area contributed by atoms with Gasteiger partial charge in [-0.3, -0.25) is 0 Å². The standard InChI is InChI=1S/C20H20O8/c1-27-17-9-12(3-6-15(17)22)4-7-19(24)28-18(20(25)26)10-13-2-5-14(11-21)16(23)8-13/h2-9,18,21-23H,10-11H2,1H3,(H,25,26)/b7-4+. The number of carbonyl (C=O) groups excluding carboxylic acids is 1. The minimum Gasteiger partial charge on any atom is -0.508 e. The number of esters is 1. The van der Waals surface area contributed by atoms with Gasteiger partial charge in [0, 0.05) is 18.1 Å². The highest BCUT2D eigenvalue weighted by atomic mass is 16.6. The second-order valence-corrected chi connectivity index (χ2v) is 5.85. The van der Waals surface area contributed by atoms with Crippen LogP contribution in [0.4, 0.5) is 0 Å². The van der Waals surface area contributed by atoms with E-state index in [0.717, 1.165) is 6.08 Å². The average Bonchev–Trinajstić information content (AvgIpc) is 2.67. The van der Waals surface area contributed by atoms with Crippen LogP contribution in [-0.4, -0.2) is 45.6 Å². The Bertz CT molecular complexity index is 888. The molecule has 0 heterocycles. The molecule has 2 rings (SSSR count). The maximum Gasteiger partial charge on any atom is 0.345 e. The van der Waals surface area contributed by atoms with Crippen LogP contribution >= 0.6 is 0 Å². The van der Waals surface area contributed by atoms with E-state index in [1.165, 1.54) is 43.5 Å². The summed E-state index contributed by atoms with van der Waals surface area (Å²) in [5.74, 6) is -2.19. The predicted molar refractivity (Wildman–Crippen MR) is 98.9 cm³/mol. The van der Waals surface area contributed by atoms with Gasteiger partial charge in [0.05, 0.1) is 13.7 Å². The first kappa shape index (κ1) is 20.8. The molecule has 2 aromatic rings. The first-order valence-corrected chi connectivity index (χ1v) is 8.24. The minimum absolute atomic E-state index is 0.0522. The van der Waals surface area contributed by atoms with E-state index >= 15 is 0 Å². The van der Waals surface area contributed by atoms with Crippen LogP contribution < -0.4 is 4.74 Å². The van der Waals surface area contributed by atoms with Gasteiger partial charge in [0.25, 0.3) is 0 Å². The van der Waals surface area contributed by atoms with Crippen molar-refractivity contribution in [3.63, 3.8) is 0 Å². The van der Waals surface area contributed by atoms with E-state index in [4.69, 9.17) is 14.6 Å². The zero-order valence-corrected chi connectivity index (χ0v) is 15.0. The van der Waals surface area contributed by atoms with E-state index in [0.29, 0.717) is 16.7 Å². The third-order valence-electron chi connectivity index (χ3n) is 3.89. The Labute approximate surface area is 160 Å². The largest absolute Gasteiger partial charge is 0.508 e. The minimum atomic E-state index is -1.45. The number of ether oxygens (including phenoxy) is 2. The number of hydrogen-bond donors (Lipinski definition) is 4. The normalized spacial score (nSPS) is 11.9. The number of aromatic hydroxyl groups is 2. The summed E-state index contributed by atoms with van der Waals surface area (Å²) in [6.45, 7) is -0.351. The summed E-state index contributed by atoms with van der Waals surface area (Å²) in [7, 11) is 1.39. The molecular weight excluding hydrogens is 368 g/mol. The highest BCUT2D eigenvalue weighted by molar-refractivity contribution is 5.89. The number of hydrogen-bond acceptors (Lipinski definition) is 7. The molecule has 0 aliphatic carbocycles. The third-order valence-corrected chi connectivity index (χ3v) is 3.89. The molecule has 4 N–H and O–H groups in total. The molecule has 0 aromatic heterocycles. The van der Waals surface area contributed by atoms with Crippen LogP contribution in [0.1, 0.15) is 16.7 Å². The topological polar surface area (TPSA) is 134 Å². The Balaban J connectivity index is 2.06. The van der Waals surface area contributed by atoms with Crippen molar-refractivity contribution in [2.24, 2.45) is 0 Å². The number of methoxy groups -OCH3 is 1. The van der Waals surface area contributed by atoms with Crippen molar-refractivity contribution in [3.8, 4) is 17.2 Å². The third kappa shape index (κ3) is 5.49. The van der Waals surface area contributed by atoms with Crippen LogP contribution in [0.25, 0.3) is 6.08 Å². The molecule has 0 fully saturated rings. The number of phenols is 2. The van der Waals surface area contributed by atoms with Crippen molar-refractivity contribution in [3.05, 3.63) is 59.2 Å². The van der Waals surface area contributed by atoms with Crippen molar-refractivity contribution < 1.29 is 39.5 Å². The number of phenolic OH excluding ortho intramolecular Hbond substituents is 1. The number of aliphatic hydroxyl groups is 1. The SMILES string of the molecule is COc1cc(/C=C/C(=O)OC(Cc2ccc(CO)c(O)c2)C(=O)O)ccc1O. The maximum atomic E-state index is 12.0. The Morgan fingerprint density at radius 2 is 1.86 bits per heavy atom. The van der Waals surface area contributed by atoms with Crippen molar-refractivity contribution >= 4 is 18.0 Å². The van der Waals surface area contributed by atoms with Crippen LogP contribution in [0.5, 0.6) is 17.2 Å². The van der Waals surface area contributed by atoms with Crippen molar-refractivity contribution in [2.75, 3.05) is 7.11 Å². The Morgan fingerprint density at radius 3 is 2.46 bits per heavy atom. The second-order valence-electron chi connectivity index (χ2n) is 5.85. The molecule has 0 spiro atoms. The average molecular weight is 388 g/mol. The van der Waals surface area contributed by atoms with Gasteiger partial charge < -0.3 is 29.9 Å². The van der Waals surface area contributed by atoms with Gasteiger partial charge in [-0.2, -0.15) is 0 Å². The van der Waals surface area contributed by atoms with Gasteiger partial charge in [0.15, 0.2) is 11.5 Å². The first-order valence-electron chi connectivity index (χ1n) is 8.24. The summed E-state index contributed by atoms with van der Waals surface area (Å²) < 4.78 is 9.94. The van der Waals surface area contributed by atoms with Crippen LogP contribution in [0.15, 0.2) is 42.5 Å². The lowest BCUT2D eigenvalue weighted by molar-refractivity contribution is -0.160. The lowest BCUT2D eigenvalue weighted by atomic mass is 10.0.